The molecule has 1 aromatic heterocycles. The van der Waals surface area contributed by atoms with E-state index in [1.54, 1.807) is 0 Å². The van der Waals surface area contributed by atoms with Gasteiger partial charge in [0.2, 0.25) is 0 Å². The van der Waals surface area contributed by atoms with E-state index >= 15 is 0 Å². The summed E-state index contributed by atoms with van der Waals surface area (Å²) in [5, 5.41) is 15.8. The van der Waals surface area contributed by atoms with E-state index in [1.165, 1.54) is 29.0 Å². The second-order valence-electron chi connectivity index (χ2n) is 6.34. The zero-order chi connectivity index (χ0) is 20.3. The maximum Gasteiger partial charge on any atom is 0.270 e. The number of carbonyl (C=O) groups is 1. The zero-order valence-corrected chi connectivity index (χ0v) is 16.9. The van der Waals surface area contributed by atoms with Gasteiger partial charge in [-0.3, -0.25) is 20.2 Å². The number of hydrogen-bond donors (Lipinski definition) is 1. The molecule has 0 radical (unpaired) electrons. The van der Waals surface area contributed by atoms with Gasteiger partial charge in [0.15, 0.2) is 5.13 Å². The molecule has 0 aliphatic carbocycles. The number of thiazole rings is 1. The first-order valence-electron chi connectivity index (χ1n) is 8.70. The number of aromatic nitrogens is 1. The van der Waals surface area contributed by atoms with E-state index in [1.807, 2.05) is 17.5 Å². The number of amides is 1. The molecule has 1 amide bonds. The highest BCUT2D eigenvalue weighted by molar-refractivity contribution is 7.14. The average molecular weight is 416 g/mol. The molecule has 0 saturated carbocycles. The number of nitrogens with zero attached hydrogens (tertiary/aromatic N) is 2. The zero-order valence-electron chi connectivity index (χ0n) is 15.3. The number of halogens is 1. The van der Waals surface area contributed by atoms with Gasteiger partial charge in [-0.25, -0.2) is 4.98 Å². The van der Waals surface area contributed by atoms with Crippen molar-refractivity contribution in [2.45, 2.75) is 26.2 Å². The summed E-state index contributed by atoms with van der Waals surface area (Å²) < 4.78 is 0. The van der Waals surface area contributed by atoms with Crippen molar-refractivity contribution in [2.75, 3.05) is 5.32 Å². The van der Waals surface area contributed by atoms with Gasteiger partial charge >= 0.3 is 0 Å². The van der Waals surface area contributed by atoms with Crippen molar-refractivity contribution >= 4 is 39.7 Å². The minimum absolute atomic E-state index is 0.0177. The normalized spacial score (nSPS) is 11.8. The van der Waals surface area contributed by atoms with Crippen LogP contribution in [0.1, 0.15) is 42.1 Å². The van der Waals surface area contributed by atoms with Gasteiger partial charge in [-0.2, -0.15) is 0 Å². The van der Waals surface area contributed by atoms with E-state index in [2.05, 4.69) is 36.3 Å². The molecule has 0 aliphatic rings. The van der Waals surface area contributed by atoms with E-state index in [0.717, 1.165) is 23.7 Å². The van der Waals surface area contributed by atoms with Crippen LogP contribution in [-0.2, 0) is 0 Å². The van der Waals surface area contributed by atoms with Crippen LogP contribution in [0.15, 0.2) is 47.8 Å². The largest absolute Gasteiger partial charge is 0.298 e. The molecule has 3 aromatic rings. The van der Waals surface area contributed by atoms with Crippen molar-refractivity contribution in [1.29, 1.82) is 0 Å². The highest BCUT2D eigenvalue weighted by Crippen LogP contribution is 2.28. The molecule has 0 saturated heterocycles. The van der Waals surface area contributed by atoms with Crippen LogP contribution in [0.4, 0.5) is 10.8 Å². The smallest absolute Gasteiger partial charge is 0.270 e. The van der Waals surface area contributed by atoms with Gasteiger partial charge in [0, 0.05) is 23.1 Å². The number of anilines is 1. The molecule has 1 N–H and O–H groups in total. The molecule has 0 spiro atoms. The lowest BCUT2D eigenvalue weighted by molar-refractivity contribution is -0.384. The quantitative estimate of drug-likeness (QED) is 0.387. The number of rotatable bonds is 6. The number of non-ortho nitro benzene ring substituents is 1. The predicted octanol–water partition coefficient (Wildman–Crippen LogP) is 6.14. The highest BCUT2D eigenvalue weighted by Gasteiger charge is 2.16. The molecule has 1 atom stereocenters. The third-order valence-corrected chi connectivity index (χ3v) is 5.59. The first kappa shape index (κ1) is 20.0. The molecule has 3 rings (SSSR count). The van der Waals surface area contributed by atoms with Crippen molar-refractivity contribution in [3.8, 4) is 11.3 Å². The van der Waals surface area contributed by atoms with Gasteiger partial charge in [-0.15, -0.1) is 11.3 Å². The van der Waals surface area contributed by atoms with Gasteiger partial charge in [-0.05, 0) is 24.0 Å². The Morgan fingerprint density at radius 3 is 2.61 bits per heavy atom. The summed E-state index contributed by atoms with van der Waals surface area (Å²) in [6, 6.07) is 12.0. The Balaban J connectivity index is 1.74. The van der Waals surface area contributed by atoms with E-state index in [9.17, 15) is 14.9 Å². The Labute approximate surface area is 171 Å². The Morgan fingerprint density at radius 1 is 1.29 bits per heavy atom. The van der Waals surface area contributed by atoms with Crippen molar-refractivity contribution in [3.63, 3.8) is 0 Å². The topological polar surface area (TPSA) is 85.1 Å². The highest BCUT2D eigenvalue weighted by atomic mass is 35.5. The summed E-state index contributed by atoms with van der Waals surface area (Å²) in [7, 11) is 0. The fourth-order valence-electron chi connectivity index (χ4n) is 2.65. The van der Waals surface area contributed by atoms with Gasteiger partial charge in [0.1, 0.15) is 0 Å². The lowest BCUT2D eigenvalue weighted by atomic mass is 9.97. The predicted molar refractivity (Wildman–Crippen MR) is 112 cm³/mol. The summed E-state index contributed by atoms with van der Waals surface area (Å²) in [6.45, 7) is 4.35. The molecule has 2 aromatic carbocycles. The second-order valence-corrected chi connectivity index (χ2v) is 7.61. The second kappa shape index (κ2) is 8.50. The van der Waals surface area contributed by atoms with E-state index in [4.69, 9.17) is 11.6 Å². The lowest BCUT2D eigenvalue weighted by Crippen LogP contribution is -2.12. The molecular weight excluding hydrogens is 398 g/mol. The van der Waals surface area contributed by atoms with Crippen LogP contribution >= 0.6 is 22.9 Å². The fraction of sp³-hybridized carbons (Fsp3) is 0.200. The Bertz CT molecular complexity index is 1020. The lowest BCUT2D eigenvalue weighted by Gasteiger charge is -2.09. The number of nitro benzene ring substituents is 1. The maximum absolute atomic E-state index is 12.4. The van der Waals surface area contributed by atoms with Crippen LogP contribution in [0.25, 0.3) is 11.3 Å². The Kier molecular flexibility index (Phi) is 6.06. The summed E-state index contributed by atoms with van der Waals surface area (Å²) >= 11 is 7.31. The van der Waals surface area contributed by atoms with E-state index in [0.29, 0.717) is 11.0 Å². The summed E-state index contributed by atoms with van der Waals surface area (Å²) in [5.74, 6) is 0.0405. The van der Waals surface area contributed by atoms with Crippen molar-refractivity contribution < 1.29 is 9.72 Å². The number of benzene rings is 2. The molecule has 1 heterocycles. The number of nitro groups is 1. The van der Waals surface area contributed by atoms with Crippen LogP contribution in [0.2, 0.25) is 5.02 Å². The standard InChI is InChI=1S/C20H18ClN3O3S/c1-3-12(2)13-4-6-14(7-5-13)18-11-28-20(22-18)23-19(25)16-9-8-15(24(26)27)10-17(16)21/h4-12H,3H2,1-2H3,(H,22,23,25). The summed E-state index contributed by atoms with van der Waals surface area (Å²) in [4.78, 5) is 27.1. The van der Waals surface area contributed by atoms with Crippen LogP contribution in [0.5, 0.6) is 0 Å². The molecule has 0 bridgehead atoms. The van der Waals surface area contributed by atoms with Gasteiger partial charge in [0.25, 0.3) is 11.6 Å². The van der Waals surface area contributed by atoms with Gasteiger partial charge < -0.3 is 0 Å². The van der Waals surface area contributed by atoms with Crippen LogP contribution < -0.4 is 5.32 Å². The number of carbonyl (C=O) groups excluding carboxylic acids is 1. The maximum atomic E-state index is 12.4. The first-order chi connectivity index (χ1) is 13.4. The number of nitrogens with one attached hydrogen (secondary N) is 1. The van der Waals surface area contributed by atoms with Crippen molar-refractivity contribution in [3.05, 3.63) is 74.1 Å². The van der Waals surface area contributed by atoms with E-state index in [-0.39, 0.29) is 16.3 Å². The van der Waals surface area contributed by atoms with Crippen LogP contribution in [0.3, 0.4) is 0 Å². The molecule has 6 nitrogen and oxygen atoms in total. The minimum atomic E-state index is -0.562. The van der Waals surface area contributed by atoms with Crippen molar-refractivity contribution in [1.82, 2.24) is 4.98 Å². The van der Waals surface area contributed by atoms with Crippen molar-refractivity contribution in [2.24, 2.45) is 0 Å². The molecule has 28 heavy (non-hydrogen) atoms. The monoisotopic (exact) mass is 415 g/mol. The number of hydrogen-bond acceptors (Lipinski definition) is 5. The molecule has 8 heteroatoms. The van der Waals surface area contributed by atoms with Gasteiger partial charge in [0.05, 0.1) is 21.2 Å². The molecule has 0 fully saturated rings. The molecule has 0 aliphatic heterocycles. The van der Waals surface area contributed by atoms with Crippen LogP contribution in [-0.4, -0.2) is 15.8 Å². The third kappa shape index (κ3) is 4.37. The fourth-order valence-corrected chi connectivity index (χ4v) is 3.62. The SMILES string of the molecule is CCC(C)c1ccc(-c2csc(NC(=O)c3ccc([N+](=O)[O-])cc3Cl)n2)cc1. The third-order valence-electron chi connectivity index (χ3n) is 4.52. The van der Waals surface area contributed by atoms with Crippen LogP contribution in [0, 0.1) is 10.1 Å². The Hall–Kier alpha value is -2.77. The van der Waals surface area contributed by atoms with Gasteiger partial charge in [-0.1, -0.05) is 49.7 Å². The Morgan fingerprint density at radius 2 is 2.00 bits per heavy atom. The molecular formula is C20H18ClN3O3S. The summed E-state index contributed by atoms with van der Waals surface area (Å²) in [5.41, 5.74) is 3.01. The summed E-state index contributed by atoms with van der Waals surface area (Å²) in [6.07, 6.45) is 1.08. The molecule has 144 valence electrons. The first-order valence-corrected chi connectivity index (χ1v) is 9.96. The van der Waals surface area contributed by atoms with E-state index < -0.39 is 10.8 Å². The minimum Gasteiger partial charge on any atom is -0.298 e. The average Bonchev–Trinajstić information content (AvgIpc) is 3.15. The molecule has 1 unspecified atom stereocenters.